The molecular formula is C23H23N5O4S. The van der Waals surface area contributed by atoms with Gasteiger partial charge in [0, 0.05) is 18.1 Å². The van der Waals surface area contributed by atoms with Gasteiger partial charge in [0.1, 0.15) is 12.1 Å². The smallest absolute Gasteiger partial charge is 0.231 e. The van der Waals surface area contributed by atoms with Crippen LogP contribution in [0.2, 0.25) is 0 Å². The van der Waals surface area contributed by atoms with Gasteiger partial charge in [-0.2, -0.15) is 4.98 Å². The molecule has 2 aromatic heterocycles. The predicted molar refractivity (Wildman–Crippen MR) is 125 cm³/mol. The van der Waals surface area contributed by atoms with Crippen LogP contribution in [0.4, 0.5) is 17.5 Å². The van der Waals surface area contributed by atoms with Crippen LogP contribution in [0.1, 0.15) is 17.2 Å². The van der Waals surface area contributed by atoms with Crippen molar-refractivity contribution in [3.05, 3.63) is 78.3 Å². The third-order valence-electron chi connectivity index (χ3n) is 4.98. The quantitative estimate of drug-likeness (QED) is 0.356. The molecule has 10 heteroatoms. The van der Waals surface area contributed by atoms with Crippen LogP contribution in [0, 0.1) is 6.92 Å². The monoisotopic (exact) mass is 465 g/mol. The van der Waals surface area contributed by atoms with E-state index < -0.39 is 15.9 Å². The molecule has 0 bridgehead atoms. The standard InChI is InChI=1S/C23H23N5O4S/c1-15-12-17(8-9-20(15)33(2,30)31)26-23-25-13-18(22-24-10-11-32-22)21(28-23)27-19(14-29)16-6-4-3-5-7-16/h3-13,19,29H,14H2,1-2H3,(H2,25,26,27,28)/t19-/m1/s1. The number of oxazole rings is 1. The number of benzene rings is 2. The molecule has 0 amide bonds. The molecule has 3 N–H and O–H groups in total. The number of aromatic nitrogens is 3. The summed E-state index contributed by atoms with van der Waals surface area (Å²) < 4.78 is 29.2. The maximum Gasteiger partial charge on any atom is 0.231 e. The van der Waals surface area contributed by atoms with E-state index in [2.05, 4.69) is 25.6 Å². The first kappa shape index (κ1) is 22.4. The minimum Gasteiger partial charge on any atom is -0.444 e. The van der Waals surface area contributed by atoms with Crippen LogP contribution in [-0.4, -0.2) is 41.3 Å². The number of rotatable bonds is 8. The second-order valence-corrected chi connectivity index (χ2v) is 9.44. The number of aliphatic hydroxyl groups excluding tert-OH is 1. The maximum atomic E-state index is 11.9. The Labute approximate surface area is 191 Å². The summed E-state index contributed by atoms with van der Waals surface area (Å²) in [5.41, 5.74) is 2.67. The summed E-state index contributed by atoms with van der Waals surface area (Å²) in [6.07, 6.45) is 5.73. The summed E-state index contributed by atoms with van der Waals surface area (Å²) in [4.78, 5) is 13.4. The number of hydrogen-bond acceptors (Lipinski definition) is 9. The van der Waals surface area contributed by atoms with Crippen LogP contribution in [0.25, 0.3) is 11.5 Å². The van der Waals surface area contributed by atoms with E-state index in [0.29, 0.717) is 28.5 Å². The summed E-state index contributed by atoms with van der Waals surface area (Å²) >= 11 is 0. The van der Waals surface area contributed by atoms with Crippen molar-refractivity contribution in [1.29, 1.82) is 0 Å². The average Bonchev–Trinajstić information content (AvgIpc) is 3.32. The minimum atomic E-state index is -3.31. The van der Waals surface area contributed by atoms with Crippen LogP contribution < -0.4 is 10.6 Å². The third kappa shape index (κ3) is 5.18. The molecule has 9 nitrogen and oxygen atoms in total. The van der Waals surface area contributed by atoms with Gasteiger partial charge in [0.05, 0.1) is 29.3 Å². The molecular weight excluding hydrogens is 442 g/mol. The van der Waals surface area contributed by atoms with E-state index in [1.165, 1.54) is 18.7 Å². The lowest BCUT2D eigenvalue weighted by Gasteiger charge is -2.19. The van der Waals surface area contributed by atoms with Gasteiger partial charge in [0.25, 0.3) is 0 Å². The first-order valence-electron chi connectivity index (χ1n) is 10.1. The molecule has 0 aliphatic rings. The van der Waals surface area contributed by atoms with Crippen molar-refractivity contribution in [2.45, 2.75) is 17.9 Å². The summed E-state index contributed by atoms with van der Waals surface area (Å²) in [7, 11) is -3.31. The van der Waals surface area contributed by atoms with E-state index in [4.69, 9.17) is 4.42 Å². The normalized spacial score (nSPS) is 12.3. The molecule has 33 heavy (non-hydrogen) atoms. The summed E-state index contributed by atoms with van der Waals surface area (Å²) in [5.74, 6) is 1.04. The first-order valence-corrected chi connectivity index (χ1v) is 12.0. The fourth-order valence-electron chi connectivity index (χ4n) is 3.42. The minimum absolute atomic E-state index is 0.159. The van der Waals surface area contributed by atoms with Gasteiger partial charge >= 0.3 is 0 Å². The lowest BCUT2D eigenvalue weighted by atomic mass is 10.1. The molecule has 0 aliphatic carbocycles. The zero-order valence-electron chi connectivity index (χ0n) is 18.1. The molecule has 0 aliphatic heterocycles. The van der Waals surface area contributed by atoms with Crippen LogP contribution in [0.15, 0.2) is 76.5 Å². The number of nitrogens with one attached hydrogen (secondary N) is 2. The highest BCUT2D eigenvalue weighted by atomic mass is 32.2. The topological polar surface area (TPSA) is 130 Å². The Morgan fingerprint density at radius 1 is 1.12 bits per heavy atom. The summed E-state index contributed by atoms with van der Waals surface area (Å²) in [5, 5.41) is 16.3. The fourth-order valence-corrected chi connectivity index (χ4v) is 4.38. The largest absolute Gasteiger partial charge is 0.444 e. The van der Waals surface area contributed by atoms with Crippen molar-refractivity contribution in [3.63, 3.8) is 0 Å². The second kappa shape index (κ2) is 9.39. The van der Waals surface area contributed by atoms with E-state index in [0.717, 1.165) is 5.56 Å². The van der Waals surface area contributed by atoms with Gasteiger partial charge < -0.3 is 20.2 Å². The van der Waals surface area contributed by atoms with Crippen molar-refractivity contribution in [2.75, 3.05) is 23.5 Å². The van der Waals surface area contributed by atoms with E-state index in [1.54, 1.807) is 31.3 Å². The van der Waals surface area contributed by atoms with Gasteiger partial charge in [-0.15, -0.1) is 0 Å². The maximum absolute atomic E-state index is 11.9. The Hall–Kier alpha value is -3.76. The predicted octanol–water partition coefficient (Wildman–Crippen LogP) is 3.73. The van der Waals surface area contributed by atoms with Crippen LogP contribution >= 0.6 is 0 Å². The van der Waals surface area contributed by atoms with Gasteiger partial charge in [0.2, 0.25) is 11.8 Å². The van der Waals surface area contributed by atoms with E-state index >= 15 is 0 Å². The van der Waals surface area contributed by atoms with Crippen molar-refractivity contribution >= 4 is 27.3 Å². The molecule has 2 heterocycles. The van der Waals surface area contributed by atoms with Crippen LogP contribution in [0.3, 0.4) is 0 Å². The van der Waals surface area contributed by atoms with E-state index in [9.17, 15) is 13.5 Å². The van der Waals surface area contributed by atoms with Gasteiger partial charge in [-0.25, -0.2) is 18.4 Å². The zero-order valence-corrected chi connectivity index (χ0v) is 18.9. The Morgan fingerprint density at radius 2 is 1.91 bits per heavy atom. The van der Waals surface area contributed by atoms with Gasteiger partial charge in [-0.3, -0.25) is 0 Å². The summed E-state index contributed by atoms with van der Waals surface area (Å²) in [6, 6.07) is 14.0. The van der Waals surface area contributed by atoms with Gasteiger partial charge in [-0.1, -0.05) is 30.3 Å². The number of hydrogen-bond donors (Lipinski definition) is 3. The van der Waals surface area contributed by atoms with Gasteiger partial charge in [-0.05, 0) is 36.2 Å². The van der Waals surface area contributed by atoms with Crippen LogP contribution in [0.5, 0.6) is 0 Å². The SMILES string of the molecule is Cc1cc(Nc2ncc(-c3ncco3)c(N[C@H](CO)c3ccccc3)n2)ccc1S(C)(=O)=O. The molecule has 0 saturated carbocycles. The number of aryl methyl sites for hydroxylation is 1. The molecule has 0 unspecified atom stereocenters. The lowest BCUT2D eigenvalue weighted by Crippen LogP contribution is -2.17. The fraction of sp³-hybridized carbons (Fsp3) is 0.174. The highest BCUT2D eigenvalue weighted by molar-refractivity contribution is 7.90. The molecule has 0 saturated heterocycles. The van der Waals surface area contributed by atoms with Crippen molar-refractivity contribution < 1.29 is 17.9 Å². The van der Waals surface area contributed by atoms with E-state index in [1.807, 2.05) is 30.3 Å². The molecule has 0 spiro atoms. The lowest BCUT2D eigenvalue weighted by molar-refractivity contribution is 0.276. The Kier molecular flexibility index (Phi) is 6.38. The summed E-state index contributed by atoms with van der Waals surface area (Å²) in [6.45, 7) is 1.57. The molecule has 4 aromatic rings. The van der Waals surface area contributed by atoms with Crippen LogP contribution in [-0.2, 0) is 9.84 Å². The Balaban J connectivity index is 1.67. The average molecular weight is 466 g/mol. The van der Waals surface area contributed by atoms with Crippen molar-refractivity contribution in [3.8, 4) is 11.5 Å². The van der Waals surface area contributed by atoms with Gasteiger partial charge in [0.15, 0.2) is 9.84 Å². The second-order valence-electron chi connectivity index (χ2n) is 7.46. The number of sulfone groups is 1. The van der Waals surface area contributed by atoms with Crippen molar-refractivity contribution in [1.82, 2.24) is 15.0 Å². The highest BCUT2D eigenvalue weighted by Crippen LogP contribution is 2.30. The first-order chi connectivity index (χ1) is 15.8. The van der Waals surface area contributed by atoms with Crippen molar-refractivity contribution in [2.24, 2.45) is 0 Å². The molecule has 4 rings (SSSR count). The zero-order chi connectivity index (χ0) is 23.4. The Morgan fingerprint density at radius 3 is 2.55 bits per heavy atom. The Bertz CT molecular complexity index is 1340. The van der Waals surface area contributed by atoms with E-state index in [-0.39, 0.29) is 17.5 Å². The molecule has 2 aromatic carbocycles. The number of anilines is 3. The number of aliphatic hydroxyl groups is 1. The molecule has 0 fully saturated rings. The molecule has 0 radical (unpaired) electrons. The molecule has 170 valence electrons. The molecule has 1 atom stereocenters. The highest BCUT2D eigenvalue weighted by Gasteiger charge is 2.18. The third-order valence-corrected chi connectivity index (χ3v) is 6.23. The number of nitrogens with zero attached hydrogens (tertiary/aromatic N) is 3.